The second-order valence-corrected chi connectivity index (χ2v) is 7.90. The van der Waals surface area contributed by atoms with E-state index in [-0.39, 0.29) is 28.7 Å². The van der Waals surface area contributed by atoms with Gasteiger partial charge in [-0.3, -0.25) is 9.59 Å². The number of aryl methyl sites for hydroxylation is 3. The lowest BCUT2D eigenvalue weighted by molar-refractivity contribution is -0.113. The number of amides is 2. The first-order chi connectivity index (χ1) is 14.8. The number of nitrogens with zero attached hydrogens (tertiary/aromatic N) is 2. The molecule has 8 heteroatoms. The predicted octanol–water partition coefficient (Wildman–Crippen LogP) is 4.23. The molecule has 1 aromatic carbocycles. The van der Waals surface area contributed by atoms with E-state index in [0.717, 1.165) is 22.9 Å². The van der Waals surface area contributed by atoms with Crippen LogP contribution in [0, 0.1) is 32.1 Å². The molecule has 3 rings (SSSR count). The van der Waals surface area contributed by atoms with Gasteiger partial charge in [0.15, 0.2) is 0 Å². The second kappa shape index (κ2) is 9.49. The Morgan fingerprint density at radius 2 is 1.97 bits per heavy atom. The first-order valence-corrected chi connectivity index (χ1v) is 10.5. The topological polar surface area (TPSA) is 108 Å². The second-order valence-electron chi connectivity index (χ2n) is 6.93. The van der Waals surface area contributed by atoms with Gasteiger partial charge in [0.2, 0.25) is 5.91 Å². The molecule has 31 heavy (non-hydrogen) atoms. The maximum absolute atomic E-state index is 12.5. The van der Waals surface area contributed by atoms with Crippen molar-refractivity contribution in [3.8, 4) is 17.4 Å². The minimum atomic E-state index is -0.364. The van der Waals surface area contributed by atoms with Crippen LogP contribution >= 0.6 is 11.8 Å². The average molecular weight is 435 g/mol. The molecule has 2 N–H and O–H groups in total. The summed E-state index contributed by atoms with van der Waals surface area (Å²) in [5, 5.41) is 15.7. The highest BCUT2D eigenvalue weighted by atomic mass is 32.2. The van der Waals surface area contributed by atoms with Gasteiger partial charge in [-0.25, -0.2) is 4.98 Å². The number of nitriles is 1. The number of furan rings is 1. The van der Waals surface area contributed by atoms with Gasteiger partial charge in [0, 0.05) is 12.7 Å². The highest BCUT2D eigenvalue weighted by Crippen LogP contribution is 2.35. The maximum Gasteiger partial charge on any atom is 0.253 e. The van der Waals surface area contributed by atoms with Gasteiger partial charge in [-0.2, -0.15) is 5.26 Å². The van der Waals surface area contributed by atoms with E-state index in [1.807, 2.05) is 32.0 Å². The van der Waals surface area contributed by atoms with Crippen molar-refractivity contribution in [2.75, 3.05) is 18.1 Å². The van der Waals surface area contributed by atoms with Crippen LogP contribution in [0.2, 0.25) is 0 Å². The average Bonchev–Trinajstić information content (AvgIpc) is 3.28. The van der Waals surface area contributed by atoms with E-state index in [2.05, 4.69) is 21.7 Å². The Kier molecular flexibility index (Phi) is 6.78. The summed E-state index contributed by atoms with van der Waals surface area (Å²) < 4.78 is 5.49. The minimum absolute atomic E-state index is 0.0605. The van der Waals surface area contributed by atoms with Crippen LogP contribution in [-0.4, -0.2) is 29.6 Å². The molecule has 0 aliphatic rings. The normalized spacial score (nSPS) is 10.4. The highest BCUT2D eigenvalue weighted by molar-refractivity contribution is 8.00. The van der Waals surface area contributed by atoms with Gasteiger partial charge < -0.3 is 15.1 Å². The number of nitrogens with one attached hydrogen (secondary N) is 2. The third-order valence-electron chi connectivity index (χ3n) is 4.81. The molecule has 7 nitrogen and oxygen atoms in total. The van der Waals surface area contributed by atoms with Gasteiger partial charge in [0.05, 0.1) is 34.4 Å². The van der Waals surface area contributed by atoms with E-state index in [1.165, 1.54) is 13.3 Å². The molecule has 0 saturated carbocycles. The van der Waals surface area contributed by atoms with E-state index in [9.17, 15) is 14.9 Å². The summed E-state index contributed by atoms with van der Waals surface area (Å²) in [6.07, 6.45) is 1.48. The van der Waals surface area contributed by atoms with Crippen LogP contribution in [-0.2, 0) is 4.79 Å². The molecular formula is C23H22N4O3S. The zero-order valence-electron chi connectivity index (χ0n) is 17.7. The lowest BCUT2D eigenvalue weighted by Gasteiger charge is -2.14. The van der Waals surface area contributed by atoms with Gasteiger partial charge in [0.1, 0.15) is 16.9 Å². The van der Waals surface area contributed by atoms with Crippen LogP contribution in [0.1, 0.15) is 32.7 Å². The van der Waals surface area contributed by atoms with E-state index in [0.29, 0.717) is 27.7 Å². The number of benzene rings is 1. The molecule has 2 heterocycles. The highest BCUT2D eigenvalue weighted by Gasteiger charge is 2.25. The lowest BCUT2D eigenvalue weighted by atomic mass is 9.99. The number of thioether (sulfide) groups is 1. The first kappa shape index (κ1) is 22.1. The fraction of sp³-hybridized carbons (Fsp3) is 0.217. The molecule has 0 aliphatic carbocycles. The van der Waals surface area contributed by atoms with Crippen molar-refractivity contribution in [3.63, 3.8) is 0 Å². The summed E-state index contributed by atoms with van der Waals surface area (Å²) in [6.45, 7) is 5.68. The van der Waals surface area contributed by atoms with E-state index in [1.54, 1.807) is 19.1 Å². The smallest absolute Gasteiger partial charge is 0.253 e. The zero-order chi connectivity index (χ0) is 22.5. The van der Waals surface area contributed by atoms with Crippen LogP contribution < -0.4 is 10.6 Å². The minimum Gasteiger partial charge on any atom is -0.464 e. The number of rotatable bonds is 6. The Morgan fingerprint density at radius 3 is 2.58 bits per heavy atom. The molecule has 0 aliphatic heterocycles. The molecule has 0 fully saturated rings. The first-order valence-electron chi connectivity index (χ1n) is 9.56. The summed E-state index contributed by atoms with van der Waals surface area (Å²) in [4.78, 5) is 29.4. The van der Waals surface area contributed by atoms with Crippen LogP contribution in [0.3, 0.4) is 0 Å². The number of pyridine rings is 1. The Balaban J connectivity index is 1.91. The van der Waals surface area contributed by atoms with Crippen LogP contribution in [0.5, 0.6) is 0 Å². The van der Waals surface area contributed by atoms with Crippen molar-refractivity contribution in [2.45, 2.75) is 25.8 Å². The Hall–Kier alpha value is -3.57. The van der Waals surface area contributed by atoms with Crippen LogP contribution in [0.25, 0.3) is 11.3 Å². The molecule has 3 aromatic rings. The Bertz CT molecular complexity index is 1180. The molecule has 0 radical (unpaired) electrons. The van der Waals surface area contributed by atoms with E-state index >= 15 is 0 Å². The van der Waals surface area contributed by atoms with Crippen LogP contribution in [0.15, 0.2) is 46.0 Å². The quantitative estimate of drug-likeness (QED) is 0.562. The Morgan fingerprint density at radius 1 is 1.19 bits per heavy atom. The van der Waals surface area contributed by atoms with Gasteiger partial charge in [-0.05, 0) is 56.2 Å². The number of carbonyl (C=O) groups excluding carboxylic acids is 2. The van der Waals surface area contributed by atoms with Crippen molar-refractivity contribution in [2.24, 2.45) is 0 Å². The molecule has 0 saturated heterocycles. The van der Waals surface area contributed by atoms with Gasteiger partial charge in [-0.1, -0.05) is 17.8 Å². The summed E-state index contributed by atoms with van der Waals surface area (Å²) in [5.74, 6) is -0.129. The fourth-order valence-corrected chi connectivity index (χ4v) is 3.94. The molecule has 2 amide bonds. The maximum atomic E-state index is 12.5. The van der Waals surface area contributed by atoms with Crippen molar-refractivity contribution >= 4 is 29.3 Å². The number of aromatic nitrogens is 1. The molecule has 0 atom stereocenters. The molecular weight excluding hydrogens is 412 g/mol. The van der Waals surface area contributed by atoms with Gasteiger partial charge in [0.25, 0.3) is 5.91 Å². The SMILES string of the molecule is CNC(=O)c1c(C)nc(SCC(=O)Nc2ccc(C)c(C)c2)c(C#N)c1-c1ccco1. The fourth-order valence-electron chi connectivity index (χ4n) is 3.11. The standard InChI is InChI=1S/C23H22N4O3S/c1-13-7-8-16(10-14(13)2)27-19(28)12-31-23-17(11-24)21(18-6-5-9-30-18)20(15(3)26-23)22(29)25-4/h5-10H,12H2,1-4H3,(H,25,29)(H,27,28). The molecule has 2 aromatic heterocycles. The molecule has 0 unspecified atom stereocenters. The monoisotopic (exact) mass is 434 g/mol. The summed E-state index contributed by atoms with van der Waals surface area (Å²) >= 11 is 1.14. The molecule has 158 valence electrons. The number of carbonyl (C=O) groups is 2. The van der Waals surface area contributed by atoms with Crippen LogP contribution in [0.4, 0.5) is 5.69 Å². The Labute approximate surface area is 184 Å². The third kappa shape index (κ3) is 4.78. The molecule has 0 spiro atoms. The number of hydrogen-bond donors (Lipinski definition) is 2. The largest absolute Gasteiger partial charge is 0.464 e. The lowest BCUT2D eigenvalue weighted by Crippen LogP contribution is -2.21. The number of anilines is 1. The summed E-state index contributed by atoms with van der Waals surface area (Å²) in [7, 11) is 1.51. The summed E-state index contributed by atoms with van der Waals surface area (Å²) in [6, 6.07) is 11.2. The van der Waals surface area contributed by atoms with Crippen molar-refractivity contribution in [1.82, 2.24) is 10.3 Å². The van der Waals surface area contributed by atoms with Gasteiger partial charge in [-0.15, -0.1) is 0 Å². The van der Waals surface area contributed by atoms with E-state index in [4.69, 9.17) is 4.42 Å². The van der Waals surface area contributed by atoms with Crippen molar-refractivity contribution in [1.29, 1.82) is 5.26 Å². The predicted molar refractivity (Wildman–Crippen MR) is 120 cm³/mol. The van der Waals surface area contributed by atoms with Crippen molar-refractivity contribution in [3.05, 3.63) is 64.5 Å². The van der Waals surface area contributed by atoms with Crippen molar-refractivity contribution < 1.29 is 14.0 Å². The van der Waals surface area contributed by atoms with E-state index < -0.39 is 0 Å². The number of hydrogen-bond acceptors (Lipinski definition) is 6. The van der Waals surface area contributed by atoms with Gasteiger partial charge >= 0.3 is 0 Å². The molecule has 0 bridgehead atoms. The third-order valence-corrected chi connectivity index (χ3v) is 5.78. The summed E-state index contributed by atoms with van der Waals surface area (Å²) in [5.41, 5.74) is 4.23. The zero-order valence-corrected chi connectivity index (χ0v) is 18.5.